The molecule has 0 saturated heterocycles. The van der Waals surface area contributed by atoms with Crippen LogP contribution in [-0.2, 0) is 38.4 Å². The number of allylic oxidation sites excluding steroid dienone is 8. The van der Waals surface area contributed by atoms with Crippen molar-refractivity contribution in [2.75, 3.05) is 0 Å². The van der Waals surface area contributed by atoms with Gasteiger partial charge in [-0.2, -0.15) is 0 Å². The Morgan fingerprint density at radius 3 is 0.523 bits per heavy atom. The zero-order chi connectivity index (χ0) is 33.9. The molecule has 44 heavy (non-hydrogen) atoms. The molecular formula is C36H48O8. The van der Waals surface area contributed by atoms with Crippen molar-refractivity contribution in [1.82, 2.24) is 0 Å². The van der Waals surface area contributed by atoms with E-state index in [-0.39, 0.29) is 25.7 Å². The molecule has 8 heteroatoms. The van der Waals surface area contributed by atoms with Crippen molar-refractivity contribution in [3.8, 4) is 0 Å². The van der Waals surface area contributed by atoms with Gasteiger partial charge in [-0.25, -0.2) is 0 Å². The third kappa shape index (κ3) is 8.27. The molecule has 1 aliphatic carbocycles. The van der Waals surface area contributed by atoms with Gasteiger partial charge < -0.3 is 0 Å². The highest BCUT2D eigenvalue weighted by Gasteiger charge is 2.42. The van der Waals surface area contributed by atoms with Crippen LogP contribution in [0.3, 0.4) is 0 Å². The maximum Gasteiger partial charge on any atom is 0.169 e. The first-order valence-corrected chi connectivity index (χ1v) is 15.5. The van der Waals surface area contributed by atoms with Crippen molar-refractivity contribution in [1.29, 1.82) is 0 Å². The fourth-order valence-corrected chi connectivity index (χ4v) is 5.55. The van der Waals surface area contributed by atoms with Crippen molar-refractivity contribution in [2.24, 2.45) is 21.7 Å². The summed E-state index contributed by atoms with van der Waals surface area (Å²) in [5, 5.41) is 0. The summed E-state index contributed by atoms with van der Waals surface area (Å²) in [5.41, 5.74) is -6.38. The van der Waals surface area contributed by atoms with Crippen LogP contribution < -0.4 is 0 Å². The molecule has 0 bridgehead atoms. The number of hydrogen-bond donors (Lipinski definition) is 0. The smallest absolute Gasteiger partial charge is 0.169 e. The van der Waals surface area contributed by atoms with E-state index in [4.69, 9.17) is 0 Å². The van der Waals surface area contributed by atoms with E-state index in [2.05, 4.69) is 0 Å². The Balaban J connectivity index is 3.93. The van der Waals surface area contributed by atoms with Gasteiger partial charge in [-0.05, 0) is 102 Å². The minimum absolute atomic E-state index is 0.129. The molecule has 240 valence electrons. The van der Waals surface area contributed by atoms with E-state index in [1.807, 2.05) is 0 Å². The highest BCUT2D eigenvalue weighted by Crippen LogP contribution is 2.33. The maximum absolute atomic E-state index is 13.4. The number of carbonyl (C=O) groups is 8. The molecule has 1 aliphatic rings. The largest absolute Gasteiger partial charge is 0.294 e. The van der Waals surface area contributed by atoms with Crippen molar-refractivity contribution in [3.63, 3.8) is 0 Å². The summed E-state index contributed by atoms with van der Waals surface area (Å²) in [7, 11) is 0. The Bertz CT molecular complexity index is 1030. The number of hydrogen-bond acceptors (Lipinski definition) is 8. The third-order valence-electron chi connectivity index (χ3n) is 8.89. The van der Waals surface area contributed by atoms with E-state index < -0.39 is 67.9 Å². The molecule has 0 saturated carbocycles. The maximum atomic E-state index is 13.4. The lowest BCUT2D eigenvalue weighted by Gasteiger charge is -2.26. The van der Waals surface area contributed by atoms with Gasteiger partial charge in [0.15, 0.2) is 46.3 Å². The van der Waals surface area contributed by atoms with Crippen molar-refractivity contribution in [2.45, 2.75) is 107 Å². The summed E-state index contributed by atoms with van der Waals surface area (Å²) in [6, 6.07) is 0. The van der Waals surface area contributed by atoms with Crippen LogP contribution in [0.4, 0.5) is 0 Å². The predicted molar refractivity (Wildman–Crippen MR) is 169 cm³/mol. The topological polar surface area (TPSA) is 137 Å². The Labute approximate surface area is 261 Å². The van der Waals surface area contributed by atoms with Crippen LogP contribution in [0.25, 0.3) is 0 Å². The van der Waals surface area contributed by atoms with Crippen LogP contribution in [0.15, 0.2) is 48.6 Å². The van der Waals surface area contributed by atoms with E-state index in [0.717, 1.165) is 48.6 Å². The molecule has 0 N–H and O–H groups in total. The fourth-order valence-electron chi connectivity index (χ4n) is 5.55. The van der Waals surface area contributed by atoms with Gasteiger partial charge in [0.25, 0.3) is 0 Å². The summed E-state index contributed by atoms with van der Waals surface area (Å²) in [4.78, 5) is 107. The van der Waals surface area contributed by atoms with Crippen LogP contribution in [0.1, 0.15) is 107 Å². The minimum Gasteiger partial charge on any atom is -0.294 e. The summed E-state index contributed by atoms with van der Waals surface area (Å²) < 4.78 is 0. The van der Waals surface area contributed by atoms with E-state index in [1.165, 1.54) is 27.7 Å². The predicted octanol–water partition coefficient (Wildman–Crippen LogP) is 6.00. The molecule has 1 rings (SSSR count). The highest BCUT2D eigenvalue weighted by atomic mass is 16.2. The van der Waals surface area contributed by atoms with Gasteiger partial charge in [0, 0.05) is 0 Å². The minimum atomic E-state index is -1.60. The molecule has 0 aromatic carbocycles. The van der Waals surface area contributed by atoms with Crippen molar-refractivity contribution >= 4 is 46.3 Å². The molecule has 0 aromatic rings. The number of ketones is 8. The van der Waals surface area contributed by atoms with Crippen molar-refractivity contribution in [3.05, 3.63) is 48.6 Å². The SMILES string of the molecule is CCCC1(C)C(=O)/C=C\C(=O)C(C)(CCC)C(=O)/C=C\C(=O)C(C)(CCC)C(=O)/C=C\C(=O)C(C)(CCC)C(=O)/C=C\C1=O. The van der Waals surface area contributed by atoms with Crippen LogP contribution in [0.5, 0.6) is 0 Å². The molecule has 0 unspecified atom stereocenters. The third-order valence-corrected chi connectivity index (χ3v) is 8.89. The first-order valence-electron chi connectivity index (χ1n) is 15.5. The molecule has 0 spiro atoms. The number of rotatable bonds is 8. The second kappa shape index (κ2) is 15.9. The molecule has 0 amide bonds. The van der Waals surface area contributed by atoms with Gasteiger partial charge in [0.05, 0.1) is 21.7 Å². The molecule has 8 nitrogen and oxygen atoms in total. The van der Waals surface area contributed by atoms with Gasteiger partial charge >= 0.3 is 0 Å². The molecule has 0 fully saturated rings. The van der Waals surface area contributed by atoms with Crippen LogP contribution in [0.2, 0.25) is 0 Å². The average molecular weight is 609 g/mol. The van der Waals surface area contributed by atoms with Gasteiger partial charge in [-0.15, -0.1) is 0 Å². The molecule has 0 aromatic heterocycles. The van der Waals surface area contributed by atoms with Gasteiger partial charge in [0.2, 0.25) is 0 Å². The lowest BCUT2D eigenvalue weighted by molar-refractivity contribution is -0.137. The van der Waals surface area contributed by atoms with Crippen LogP contribution in [-0.4, -0.2) is 46.3 Å². The Kier molecular flexibility index (Phi) is 13.8. The van der Waals surface area contributed by atoms with Gasteiger partial charge in [-0.1, -0.05) is 53.4 Å². The summed E-state index contributed by atoms with van der Waals surface area (Å²) in [6.45, 7) is 12.9. The highest BCUT2D eigenvalue weighted by molar-refractivity contribution is 6.23. The average Bonchev–Trinajstić information content (AvgIpc) is 2.98. The van der Waals surface area contributed by atoms with Crippen molar-refractivity contribution < 1.29 is 38.4 Å². The lowest BCUT2D eigenvalue weighted by atomic mass is 9.73. The molecule has 0 radical (unpaired) electrons. The second-order valence-corrected chi connectivity index (χ2v) is 12.6. The molecule has 0 atom stereocenters. The molecule has 0 heterocycles. The van der Waals surface area contributed by atoms with Crippen LogP contribution in [0, 0.1) is 21.7 Å². The molecular weight excluding hydrogens is 560 g/mol. The zero-order valence-electron chi connectivity index (χ0n) is 27.5. The van der Waals surface area contributed by atoms with Gasteiger partial charge in [-0.3, -0.25) is 38.4 Å². The standard InChI is InChI=1S/C36H48O8/c1-9-21-33(5)25(37)13-15-27(39)34(6,22-10-2)29(41)17-19-31(43)36(8,24-12-4)32(44)20-18-30(42)35(7,23-11-3)28(40)16-14-26(33)38/h13-20H,9-12,21-24H2,1-8H3/b15-13-,16-14-,19-17-,20-18-. The first kappa shape index (κ1) is 38.3. The molecule has 0 aliphatic heterocycles. The summed E-state index contributed by atoms with van der Waals surface area (Å²) >= 11 is 0. The van der Waals surface area contributed by atoms with E-state index in [1.54, 1.807) is 27.7 Å². The summed E-state index contributed by atoms with van der Waals surface area (Å²) in [6.07, 6.45) is 10.3. The second-order valence-electron chi connectivity index (χ2n) is 12.6. The van der Waals surface area contributed by atoms with Gasteiger partial charge in [0.1, 0.15) is 0 Å². The summed E-state index contributed by atoms with van der Waals surface area (Å²) in [5.74, 6) is -5.29. The van der Waals surface area contributed by atoms with E-state index in [0.29, 0.717) is 25.7 Å². The first-order chi connectivity index (χ1) is 20.4. The van der Waals surface area contributed by atoms with Crippen LogP contribution >= 0.6 is 0 Å². The monoisotopic (exact) mass is 608 g/mol. The zero-order valence-corrected chi connectivity index (χ0v) is 27.5. The fraction of sp³-hybridized carbons (Fsp3) is 0.556. The Hall–Kier alpha value is -3.68. The quantitative estimate of drug-likeness (QED) is 0.306. The van der Waals surface area contributed by atoms with E-state index in [9.17, 15) is 38.4 Å². The Morgan fingerprint density at radius 1 is 0.318 bits per heavy atom. The number of carbonyl (C=O) groups excluding carboxylic acids is 8. The lowest BCUT2D eigenvalue weighted by Crippen LogP contribution is -2.38. The Morgan fingerprint density at radius 2 is 0.432 bits per heavy atom. The normalized spacial score (nSPS) is 32.9. The van der Waals surface area contributed by atoms with E-state index >= 15 is 0 Å².